The van der Waals surface area contributed by atoms with E-state index in [0.29, 0.717) is 37.6 Å². The highest BCUT2D eigenvalue weighted by Gasteiger charge is 2.09. The molecule has 0 aliphatic rings. The van der Waals surface area contributed by atoms with E-state index in [1.54, 1.807) is 107 Å². The van der Waals surface area contributed by atoms with Gasteiger partial charge in [-0.1, -0.05) is 52.4 Å². The number of ether oxygens (including phenoxy) is 16. The molecule has 0 spiro atoms. The molecule has 0 rings (SSSR count). The molecule has 74 heavy (non-hydrogen) atoms. The summed E-state index contributed by atoms with van der Waals surface area (Å²) in [7, 11) is 27.7. The molecule has 0 aromatic rings. The Balaban J connectivity index is -0.000000190. The van der Waals surface area contributed by atoms with Crippen LogP contribution in [0.25, 0.3) is 0 Å². The van der Waals surface area contributed by atoms with Crippen molar-refractivity contribution in [1.29, 1.82) is 0 Å². The number of hydrogen-bond acceptors (Lipinski definition) is 16. The third-order valence-corrected chi connectivity index (χ3v) is 12.0. The van der Waals surface area contributed by atoms with Gasteiger partial charge in [-0.25, -0.2) is 0 Å². The molecule has 0 aliphatic carbocycles. The summed E-state index contributed by atoms with van der Waals surface area (Å²) in [6.45, 7) is 12.2. The van der Waals surface area contributed by atoms with Gasteiger partial charge in [-0.3, -0.25) is 0 Å². The molecule has 0 bridgehead atoms. The van der Waals surface area contributed by atoms with Crippen LogP contribution in [0.5, 0.6) is 0 Å². The molecule has 0 radical (unpaired) electrons. The van der Waals surface area contributed by atoms with Gasteiger partial charge in [0.25, 0.3) is 0 Å². The van der Waals surface area contributed by atoms with Gasteiger partial charge in [0.2, 0.25) is 0 Å². The Kier molecular flexibility index (Phi) is 92.9. The minimum absolute atomic E-state index is 0.0694. The van der Waals surface area contributed by atoms with Crippen LogP contribution in [-0.2, 0) is 75.8 Å². The van der Waals surface area contributed by atoms with E-state index in [2.05, 4.69) is 13.8 Å². The lowest BCUT2D eigenvalue weighted by Gasteiger charge is -2.14. The number of rotatable bonds is 50. The second-order valence-electron chi connectivity index (χ2n) is 18.1. The van der Waals surface area contributed by atoms with Gasteiger partial charge in [-0.2, -0.15) is 0 Å². The first kappa shape index (κ1) is 84.7. The van der Waals surface area contributed by atoms with Crippen molar-refractivity contribution in [3.63, 3.8) is 0 Å². The van der Waals surface area contributed by atoms with Gasteiger partial charge in [-0.15, -0.1) is 0 Å². The quantitative estimate of drug-likeness (QED) is 0.0532. The lowest BCUT2D eigenvalue weighted by molar-refractivity contribution is -0.0178. The zero-order chi connectivity index (χ0) is 56.8. The first-order valence-corrected chi connectivity index (χ1v) is 28.1. The molecule has 0 saturated carbocycles. The molecule has 0 atom stereocenters. The van der Waals surface area contributed by atoms with Crippen molar-refractivity contribution in [3.05, 3.63) is 0 Å². The van der Waals surface area contributed by atoms with Gasteiger partial charge in [0.05, 0.1) is 43.7 Å². The lowest BCUT2D eigenvalue weighted by atomic mass is 10.0. The van der Waals surface area contributed by atoms with Crippen LogP contribution in [-0.4, -0.2) is 216 Å². The summed E-state index contributed by atoms with van der Waals surface area (Å²) in [4.78, 5) is 0. The molecule has 0 aliphatic heterocycles. The Labute approximate surface area is 458 Å². The SMILES string of the molecule is CCCC(CCC)OC.COCC(COC)OC.COCCC(CCOC)OC.COCCCC(CCCOC)OC.COCCCCC(CCCCOC)OC.COCCCCCC(CCCCCOC)OC. The molecule has 16 heteroatoms. The Hall–Kier alpha value is -0.640. The van der Waals surface area contributed by atoms with Crippen molar-refractivity contribution >= 4 is 0 Å². The Bertz CT molecular complexity index is 812. The largest absolute Gasteiger partial charge is 0.385 e. The molecule has 16 nitrogen and oxygen atoms in total. The Morgan fingerprint density at radius 1 is 0.189 bits per heavy atom. The van der Waals surface area contributed by atoms with Crippen LogP contribution in [0, 0.1) is 0 Å². The molecule has 0 aromatic carbocycles. The summed E-state index contributed by atoms with van der Waals surface area (Å²) in [5, 5.41) is 0. The third kappa shape index (κ3) is 77.9. The van der Waals surface area contributed by atoms with Gasteiger partial charge in [0, 0.05) is 167 Å². The zero-order valence-corrected chi connectivity index (χ0v) is 52.0. The number of methoxy groups -OCH3 is 16. The van der Waals surface area contributed by atoms with Crippen molar-refractivity contribution in [2.45, 2.75) is 205 Å². The van der Waals surface area contributed by atoms with E-state index < -0.39 is 0 Å². The molecular formula is C58H128O16. The summed E-state index contributed by atoms with van der Waals surface area (Å²) in [6.07, 6.45) is 29.8. The predicted molar refractivity (Wildman–Crippen MR) is 306 cm³/mol. The van der Waals surface area contributed by atoms with Gasteiger partial charge < -0.3 is 75.8 Å². The second kappa shape index (κ2) is 81.2. The predicted octanol–water partition coefficient (Wildman–Crippen LogP) is 11.9. The normalized spacial score (nSPS) is 11.0. The van der Waals surface area contributed by atoms with Crippen LogP contribution in [0.2, 0.25) is 0 Å². The van der Waals surface area contributed by atoms with Crippen LogP contribution in [0.15, 0.2) is 0 Å². The van der Waals surface area contributed by atoms with Gasteiger partial charge >= 0.3 is 0 Å². The minimum atomic E-state index is 0.0694. The number of hydrogen-bond donors (Lipinski definition) is 0. The lowest BCUT2D eigenvalue weighted by Crippen LogP contribution is -2.22. The maximum atomic E-state index is 5.50. The topological polar surface area (TPSA) is 148 Å². The zero-order valence-electron chi connectivity index (χ0n) is 52.0. The molecule has 456 valence electrons. The summed E-state index contributed by atoms with van der Waals surface area (Å²) in [5.41, 5.74) is 0. The first-order chi connectivity index (χ1) is 36.1. The van der Waals surface area contributed by atoms with Crippen molar-refractivity contribution in [2.75, 3.05) is 180 Å². The molecule has 0 unspecified atom stereocenters. The smallest absolute Gasteiger partial charge is 0.104 e. The van der Waals surface area contributed by atoms with E-state index in [4.69, 9.17) is 75.8 Å². The maximum absolute atomic E-state index is 5.50. The molecule has 0 heterocycles. The van der Waals surface area contributed by atoms with E-state index in [1.807, 2.05) is 7.11 Å². The second-order valence-corrected chi connectivity index (χ2v) is 18.1. The highest BCUT2D eigenvalue weighted by molar-refractivity contribution is 4.61. The highest BCUT2D eigenvalue weighted by atomic mass is 16.5. The summed E-state index contributed by atoms with van der Waals surface area (Å²) in [5.74, 6) is 0. The Morgan fingerprint density at radius 3 is 0.649 bits per heavy atom. The maximum Gasteiger partial charge on any atom is 0.104 e. The van der Waals surface area contributed by atoms with Crippen LogP contribution >= 0.6 is 0 Å². The van der Waals surface area contributed by atoms with E-state index in [0.717, 1.165) is 117 Å². The van der Waals surface area contributed by atoms with E-state index in [-0.39, 0.29) is 12.2 Å². The van der Waals surface area contributed by atoms with Crippen LogP contribution in [0.1, 0.15) is 168 Å². The van der Waals surface area contributed by atoms with Crippen molar-refractivity contribution in [3.8, 4) is 0 Å². The van der Waals surface area contributed by atoms with Crippen LogP contribution in [0.3, 0.4) is 0 Å². The van der Waals surface area contributed by atoms with Gasteiger partial charge in [0.1, 0.15) is 6.10 Å². The fourth-order valence-corrected chi connectivity index (χ4v) is 7.34. The molecule has 0 N–H and O–H groups in total. The van der Waals surface area contributed by atoms with E-state index in [9.17, 15) is 0 Å². The first-order valence-electron chi connectivity index (χ1n) is 28.1. The molecule has 0 amide bonds. The Morgan fingerprint density at radius 2 is 0.405 bits per heavy atom. The monoisotopic (exact) mass is 1080 g/mol. The van der Waals surface area contributed by atoms with Crippen LogP contribution < -0.4 is 0 Å². The van der Waals surface area contributed by atoms with Gasteiger partial charge in [0.15, 0.2) is 0 Å². The summed E-state index contributed by atoms with van der Waals surface area (Å²) in [6, 6.07) is 0. The fraction of sp³-hybridized carbons (Fsp3) is 1.00. The van der Waals surface area contributed by atoms with E-state index >= 15 is 0 Å². The highest BCUT2D eigenvalue weighted by Crippen LogP contribution is 2.15. The molecular weight excluding hydrogens is 953 g/mol. The average molecular weight is 1080 g/mol. The minimum Gasteiger partial charge on any atom is -0.385 e. The van der Waals surface area contributed by atoms with Crippen molar-refractivity contribution in [2.24, 2.45) is 0 Å². The molecule has 0 fully saturated rings. The standard InChI is InChI=1S/C14H30O3.C12H26O3.C10H22O3.C8H18O3.C8H18O.C6H14O3/c1-15-12-8-4-6-10-14(17-3)11-7-5-9-13-16-2;1-13-10-6-4-8-12(15-3)9-5-7-11-14-2;1-11-8-4-6-10(13-3)7-5-9-12-2;1-9-6-4-8(11-3)5-7-10-2;1-4-6-8(9-3)7-5-2;1-7-4-6(9-3)5-8-2/h14H,4-13H2,1-3H3;12H,4-11H2,1-3H3;10H,4-9H2,1-3H3;8H,4-7H2,1-3H3;8H,4-7H2,1-3H3;6H,4-5H2,1-3H3. The van der Waals surface area contributed by atoms with E-state index in [1.165, 1.54) is 89.9 Å². The number of unbranched alkanes of at least 4 members (excludes halogenated alkanes) is 6. The van der Waals surface area contributed by atoms with Crippen molar-refractivity contribution in [1.82, 2.24) is 0 Å². The molecule has 0 saturated heterocycles. The summed E-state index contributed by atoms with van der Waals surface area (Å²) >= 11 is 0. The fourth-order valence-electron chi connectivity index (χ4n) is 7.34. The molecule has 0 aromatic heterocycles. The van der Waals surface area contributed by atoms with Gasteiger partial charge in [-0.05, 0) is 116 Å². The van der Waals surface area contributed by atoms with Crippen LogP contribution in [0.4, 0.5) is 0 Å². The third-order valence-electron chi connectivity index (χ3n) is 12.0. The van der Waals surface area contributed by atoms with Crippen molar-refractivity contribution < 1.29 is 75.8 Å². The average Bonchev–Trinajstić information content (AvgIpc) is 3.42. The summed E-state index contributed by atoms with van der Waals surface area (Å²) < 4.78 is 81.3.